The van der Waals surface area contributed by atoms with Crippen LogP contribution in [0.25, 0.3) is 11.1 Å². The van der Waals surface area contributed by atoms with Crippen molar-refractivity contribution in [3.63, 3.8) is 0 Å². The third kappa shape index (κ3) is 5.71. The van der Waals surface area contributed by atoms with Gasteiger partial charge in [0.1, 0.15) is 0 Å². The van der Waals surface area contributed by atoms with E-state index in [0.717, 1.165) is 0 Å². The van der Waals surface area contributed by atoms with Crippen LogP contribution in [0, 0.1) is 0 Å². The van der Waals surface area contributed by atoms with Crippen LogP contribution in [-0.2, 0) is 16.2 Å². The van der Waals surface area contributed by atoms with E-state index >= 15 is 0 Å². The summed E-state index contributed by atoms with van der Waals surface area (Å²) >= 11 is 0. The standard InChI is InChI=1S/C38H60N2/c1-12-20-37(21-13-2)25-35(8,9)39-32-29(37)24-30-33(31(32)27-16-18-28(19-17-27)34(5,6)7)40-36(10,11)26-38(30,22-14-3)23-15-4/h16-19,24,39-40H,12-15,20-23,25-26H2,1-11H3. The molecule has 2 aliphatic heterocycles. The highest BCUT2D eigenvalue weighted by molar-refractivity contribution is 5.95. The minimum Gasteiger partial charge on any atom is -0.379 e. The van der Waals surface area contributed by atoms with E-state index in [1.807, 2.05) is 0 Å². The number of benzene rings is 2. The van der Waals surface area contributed by atoms with Crippen LogP contribution in [0.1, 0.15) is 157 Å². The molecule has 0 amide bonds. The maximum atomic E-state index is 4.15. The zero-order valence-corrected chi connectivity index (χ0v) is 28.0. The van der Waals surface area contributed by atoms with Crippen LogP contribution in [0.3, 0.4) is 0 Å². The van der Waals surface area contributed by atoms with Crippen molar-refractivity contribution in [1.29, 1.82) is 0 Å². The van der Waals surface area contributed by atoms with Crippen molar-refractivity contribution in [3.05, 3.63) is 47.0 Å². The third-order valence-corrected chi connectivity index (χ3v) is 9.91. The summed E-state index contributed by atoms with van der Waals surface area (Å²) < 4.78 is 0. The summed E-state index contributed by atoms with van der Waals surface area (Å²) in [5, 5.41) is 8.30. The molecule has 2 nitrogen and oxygen atoms in total. The molecule has 0 spiro atoms. The van der Waals surface area contributed by atoms with E-state index in [0.29, 0.717) is 0 Å². The fourth-order valence-electron chi connectivity index (χ4n) is 8.91. The van der Waals surface area contributed by atoms with Crippen molar-refractivity contribution < 1.29 is 0 Å². The fraction of sp³-hybridized carbons (Fsp3) is 0.684. The third-order valence-electron chi connectivity index (χ3n) is 9.91. The average Bonchev–Trinajstić information content (AvgIpc) is 2.82. The largest absolute Gasteiger partial charge is 0.379 e. The lowest BCUT2D eigenvalue weighted by Crippen LogP contribution is -2.49. The minimum atomic E-state index is 0.0415. The highest BCUT2D eigenvalue weighted by atomic mass is 15.0. The first kappa shape index (κ1) is 31.0. The van der Waals surface area contributed by atoms with E-state index in [1.54, 1.807) is 11.1 Å². The Hall–Kier alpha value is -1.96. The summed E-state index contributed by atoms with van der Waals surface area (Å²) in [6.45, 7) is 26.2. The monoisotopic (exact) mass is 544 g/mol. The molecule has 40 heavy (non-hydrogen) atoms. The Balaban J connectivity index is 2.15. The number of anilines is 2. The van der Waals surface area contributed by atoms with Crippen molar-refractivity contribution in [1.82, 2.24) is 0 Å². The molecule has 0 fully saturated rings. The van der Waals surface area contributed by atoms with Crippen molar-refractivity contribution in [2.75, 3.05) is 10.6 Å². The molecule has 2 aromatic carbocycles. The lowest BCUT2D eigenvalue weighted by atomic mass is 9.59. The smallest absolute Gasteiger partial charge is 0.0483 e. The number of fused-ring (bicyclic) bond motifs is 2. The van der Waals surface area contributed by atoms with Gasteiger partial charge in [0.05, 0.1) is 0 Å². The van der Waals surface area contributed by atoms with Crippen LogP contribution in [-0.4, -0.2) is 11.1 Å². The maximum absolute atomic E-state index is 4.15. The van der Waals surface area contributed by atoms with Gasteiger partial charge in [-0.1, -0.05) is 104 Å². The van der Waals surface area contributed by atoms with Crippen molar-refractivity contribution in [2.45, 2.75) is 168 Å². The molecule has 2 aromatic rings. The molecule has 4 rings (SSSR count). The molecule has 0 atom stereocenters. The summed E-state index contributed by atoms with van der Waals surface area (Å²) in [6.07, 6.45) is 12.3. The Kier molecular flexibility index (Phi) is 8.55. The predicted octanol–water partition coefficient (Wildman–Crippen LogP) is 11.5. The van der Waals surface area contributed by atoms with Crippen LogP contribution in [0.15, 0.2) is 30.3 Å². The van der Waals surface area contributed by atoms with Crippen LogP contribution in [0.4, 0.5) is 11.4 Å². The Morgan fingerprint density at radius 1 is 0.625 bits per heavy atom. The van der Waals surface area contributed by atoms with E-state index in [1.165, 1.54) is 92.3 Å². The van der Waals surface area contributed by atoms with Crippen molar-refractivity contribution in [3.8, 4) is 11.1 Å². The molecule has 2 heteroatoms. The molecule has 0 aliphatic carbocycles. The van der Waals surface area contributed by atoms with Gasteiger partial charge in [-0.15, -0.1) is 0 Å². The van der Waals surface area contributed by atoms with E-state index in [-0.39, 0.29) is 27.3 Å². The summed E-state index contributed by atoms with van der Waals surface area (Å²) in [7, 11) is 0. The van der Waals surface area contributed by atoms with Gasteiger partial charge in [0.2, 0.25) is 0 Å². The van der Waals surface area contributed by atoms with Gasteiger partial charge in [0.25, 0.3) is 0 Å². The SMILES string of the molecule is CCCC1(CCC)CC(C)(C)Nc2c1cc1c(c2-c2ccc(C(C)(C)C)cc2)NC(C)(C)CC1(CCC)CCC. The zero-order valence-electron chi connectivity index (χ0n) is 28.0. The van der Waals surface area contributed by atoms with E-state index in [9.17, 15) is 0 Å². The van der Waals surface area contributed by atoms with Crippen LogP contribution >= 0.6 is 0 Å². The van der Waals surface area contributed by atoms with Gasteiger partial charge < -0.3 is 10.6 Å². The zero-order chi connectivity index (χ0) is 29.6. The van der Waals surface area contributed by atoms with Gasteiger partial charge in [-0.05, 0) is 105 Å². The lowest BCUT2D eigenvalue weighted by molar-refractivity contribution is 0.255. The lowest BCUT2D eigenvalue weighted by Gasteiger charge is -2.53. The summed E-state index contributed by atoms with van der Waals surface area (Å²) in [5.41, 5.74) is 10.8. The number of hydrogen-bond acceptors (Lipinski definition) is 2. The predicted molar refractivity (Wildman–Crippen MR) is 178 cm³/mol. The molecule has 0 unspecified atom stereocenters. The fourth-order valence-corrected chi connectivity index (χ4v) is 8.91. The molecule has 0 saturated carbocycles. The molecule has 0 aromatic heterocycles. The average molecular weight is 545 g/mol. The summed E-state index contributed by atoms with van der Waals surface area (Å²) in [5.74, 6) is 0. The molecule has 2 aliphatic rings. The Labute approximate surface area is 247 Å². The van der Waals surface area contributed by atoms with Gasteiger partial charge in [0, 0.05) is 28.0 Å². The molecular weight excluding hydrogens is 484 g/mol. The summed E-state index contributed by atoms with van der Waals surface area (Å²) in [6, 6.07) is 12.3. The molecular formula is C38H60N2. The van der Waals surface area contributed by atoms with Gasteiger partial charge in [-0.2, -0.15) is 0 Å². The van der Waals surface area contributed by atoms with Crippen LogP contribution in [0.5, 0.6) is 0 Å². The quantitative estimate of drug-likeness (QED) is 0.328. The second-order valence-electron chi connectivity index (χ2n) is 15.9. The van der Waals surface area contributed by atoms with Gasteiger partial charge in [-0.25, -0.2) is 0 Å². The maximum Gasteiger partial charge on any atom is 0.0483 e. The van der Waals surface area contributed by atoms with Gasteiger partial charge in [-0.3, -0.25) is 0 Å². The summed E-state index contributed by atoms with van der Waals surface area (Å²) in [4.78, 5) is 0. The number of hydrogen-bond donors (Lipinski definition) is 2. The number of nitrogens with one attached hydrogen (secondary N) is 2. The van der Waals surface area contributed by atoms with Crippen molar-refractivity contribution >= 4 is 11.4 Å². The molecule has 222 valence electrons. The highest BCUT2D eigenvalue weighted by Crippen LogP contribution is 2.59. The second kappa shape index (κ2) is 11.0. The van der Waals surface area contributed by atoms with E-state index < -0.39 is 0 Å². The minimum absolute atomic E-state index is 0.0415. The Bertz CT molecular complexity index is 1100. The first-order valence-electron chi connectivity index (χ1n) is 16.6. The topological polar surface area (TPSA) is 24.1 Å². The molecule has 0 bridgehead atoms. The van der Waals surface area contributed by atoms with E-state index in [4.69, 9.17) is 0 Å². The van der Waals surface area contributed by atoms with Crippen LogP contribution in [0.2, 0.25) is 0 Å². The molecule has 2 heterocycles. The van der Waals surface area contributed by atoms with Gasteiger partial charge in [0.15, 0.2) is 0 Å². The van der Waals surface area contributed by atoms with E-state index in [2.05, 4.69) is 117 Å². The Morgan fingerprint density at radius 3 is 1.32 bits per heavy atom. The first-order valence-corrected chi connectivity index (χ1v) is 16.6. The normalized spacial score (nSPS) is 20.2. The second-order valence-corrected chi connectivity index (χ2v) is 15.9. The molecule has 2 N–H and O–H groups in total. The van der Waals surface area contributed by atoms with Crippen molar-refractivity contribution in [2.24, 2.45) is 0 Å². The van der Waals surface area contributed by atoms with Gasteiger partial charge >= 0.3 is 0 Å². The van der Waals surface area contributed by atoms with Crippen LogP contribution < -0.4 is 10.6 Å². The highest BCUT2D eigenvalue weighted by Gasteiger charge is 2.49. The molecule has 0 radical (unpaired) electrons. The number of rotatable bonds is 9. The Morgan fingerprint density at radius 2 is 1.00 bits per heavy atom. The molecule has 0 saturated heterocycles. The first-order chi connectivity index (χ1) is 18.7.